The predicted octanol–water partition coefficient (Wildman–Crippen LogP) is 2.03. The van der Waals surface area contributed by atoms with Crippen molar-refractivity contribution < 1.29 is 4.43 Å². The average Bonchev–Trinajstić information content (AvgIpc) is 1.86. The molecule has 0 heterocycles. The minimum Gasteiger partial charge on any atom is -0.412 e. The van der Waals surface area contributed by atoms with Gasteiger partial charge in [-0.15, -0.1) is 11.6 Å². The lowest BCUT2D eigenvalue weighted by Crippen LogP contribution is -2.22. The number of hydrogen-bond donors (Lipinski definition) is 0. The van der Waals surface area contributed by atoms with Crippen molar-refractivity contribution in [3.8, 4) is 0 Å². The molecule has 0 aromatic rings. The first-order valence-corrected chi connectivity index (χ1v) is 6.03. The van der Waals surface area contributed by atoms with Crippen molar-refractivity contribution in [2.45, 2.75) is 26.9 Å². The van der Waals surface area contributed by atoms with Crippen LogP contribution in [0, 0.1) is 0 Å². The fourth-order valence-corrected chi connectivity index (χ4v) is 2.62. The highest BCUT2D eigenvalue weighted by Crippen LogP contribution is 1.97. The van der Waals surface area contributed by atoms with Crippen molar-refractivity contribution >= 4 is 20.6 Å². The molecule has 0 radical (unpaired) electrons. The Kier molecular flexibility index (Phi) is 6.08. The lowest BCUT2D eigenvalue weighted by Gasteiger charge is -2.12. The van der Waals surface area contributed by atoms with E-state index in [9.17, 15) is 0 Å². The third kappa shape index (κ3) is 5.03. The Morgan fingerprint density at radius 1 is 1.60 bits per heavy atom. The summed E-state index contributed by atoms with van der Waals surface area (Å²) in [4.78, 5) is 0. The first-order chi connectivity index (χ1) is 4.70. The first kappa shape index (κ1) is 10.2. The Labute approximate surface area is 69.8 Å². The van der Waals surface area contributed by atoms with Crippen LogP contribution >= 0.6 is 11.6 Å². The predicted molar refractivity (Wildman–Crippen MR) is 48.9 cm³/mol. The van der Waals surface area contributed by atoms with Gasteiger partial charge in [0.25, 0.3) is 0 Å². The molecule has 1 atom stereocenters. The molecular weight excluding hydrogens is 164 g/mol. The molecule has 10 heavy (non-hydrogen) atoms. The summed E-state index contributed by atoms with van der Waals surface area (Å²) in [5, 5.41) is 0. The molecule has 60 valence electrons. The summed E-state index contributed by atoms with van der Waals surface area (Å²) in [6.07, 6.45) is 2.33. The molecule has 0 bridgehead atoms. The Bertz CT molecular complexity index is 104. The fraction of sp³-hybridized carbons (Fsp3) is 0.714. The summed E-state index contributed by atoms with van der Waals surface area (Å²) in [6.45, 7) is 6.07. The number of allylic oxidation sites excluding steroid dienone is 1. The van der Waals surface area contributed by atoms with Gasteiger partial charge in [-0.25, -0.2) is 0 Å². The van der Waals surface area contributed by atoms with Gasteiger partial charge in [-0.05, 0) is 20.8 Å². The molecule has 3 heteroatoms. The van der Waals surface area contributed by atoms with Crippen LogP contribution in [-0.4, -0.2) is 20.6 Å². The first-order valence-electron chi connectivity index (χ1n) is 3.55. The van der Waals surface area contributed by atoms with Crippen LogP contribution in [0.15, 0.2) is 11.8 Å². The lowest BCUT2D eigenvalue weighted by molar-refractivity contribution is 0.249. The van der Waals surface area contributed by atoms with Gasteiger partial charge in [0.2, 0.25) is 9.04 Å². The van der Waals surface area contributed by atoms with Crippen molar-refractivity contribution in [1.82, 2.24) is 0 Å². The van der Waals surface area contributed by atoms with Crippen LogP contribution in [0.4, 0.5) is 0 Å². The Balaban J connectivity index is 3.60. The molecule has 0 saturated heterocycles. The molecule has 0 aromatic carbocycles. The molecule has 0 aliphatic heterocycles. The highest BCUT2D eigenvalue weighted by Gasteiger charge is 2.06. The van der Waals surface area contributed by atoms with Gasteiger partial charge < -0.3 is 4.43 Å². The van der Waals surface area contributed by atoms with Crippen LogP contribution in [0.1, 0.15) is 20.8 Å². The van der Waals surface area contributed by atoms with E-state index in [0.29, 0.717) is 11.6 Å². The van der Waals surface area contributed by atoms with Gasteiger partial charge in [-0.2, -0.15) is 0 Å². The topological polar surface area (TPSA) is 9.23 Å². The summed E-state index contributed by atoms with van der Waals surface area (Å²) in [5.74, 6) is 0. The minimum absolute atomic E-state index is 0.312. The molecule has 0 aliphatic rings. The largest absolute Gasteiger partial charge is 0.412 e. The van der Waals surface area contributed by atoms with Crippen LogP contribution in [0.25, 0.3) is 0 Å². The van der Waals surface area contributed by atoms with Crippen molar-refractivity contribution in [1.29, 1.82) is 0 Å². The summed E-state index contributed by atoms with van der Waals surface area (Å²) in [6, 6.07) is 0. The average molecular weight is 179 g/mol. The molecule has 0 rings (SSSR count). The number of alkyl halides is 1. The van der Waals surface area contributed by atoms with Gasteiger partial charge in [0.05, 0.1) is 0 Å². The molecule has 0 N–H and O–H groups in total. The maximum atomic E-state index is 5.68. The second-order valence-corrected chi connectivity index (χ2v) is 5.37. The molecule has 0 spiro atoms. The smallest absolute Gasteiger partial charge is 0.215 e. The van der Waals surface area contributed by atoms with Crippen molar-refractivity contribution in [2.75, 3.05) is 5.50 Å². The summed E-state index contributed by atoms with van der Waals surface area (Å²) in [5.41, 5.74) is 2.77. The highest BCUT2D eigenvalue weighted by atomic mass is 35.5. The zero-order chi connectivity index (χ0) is 7.98. The molecule has 0 fully saturated rings. The van der Waals surface area contributed by atoms with E-state index in [2.05, 4.69) is 5.70 Å². The van der Waals surface area contributed by atoms with E-state index in [1.54, 1.807) is 0 Å². The van der Waals surface area contributed by atoms with E-state index in [-0.39, 0.29) is 0 Å². The molecule has 1 unspecified atom stereocenters. The van der Waals surface area contributed by atoms with E-state index < -0.39 is 9.04 Å². The second kappa shape index (κ2) is 5.95. The fourth-order valence-electron chi connectivity index (χ4n) is 0.697. The van der Waals surface area contributed by atoms with Crippen molar-refractivity contribution in [2.24, 2.45) is 0 Å². The summed E-state index contributed by atoms with van der Waals surface area (Å²) >= 11 is 5.68. The molecule has 0 aliphatic carbocycles. The Morgan fingerprint density at radius 2 is 2.20 bits per heavy atom. The highest BCUT2D eigenvalue weighted by molar-refractivity contribution is 6.66. The Morgan fingerprint density at radius 3 is 2.50 bits per heavy atom. The number of hydrogen-bond acceptors (Lipinski definition) is 1. The number of halogens is 1. The third-order valence-corrected chi connectivity index (χ3v) is 3.93. The van der Waals surface area contributed by atoms with Crippen molar-refractivity contribution in [3.05, 3.63) is 11.8 Å². The van der Waals surface area contributed by atoms with E-state index in [1.807, 2.05) is 26.8 Å². The molecule has 1 nitrogen and oxygen atoms in total. The van der Waals surface area contributed by atoms with E-state index in [0.717, 1.165) is 0 Å². The van der Waals surface area contributed by atoms with Crippen LogP contribution < -0.4 is 0 Å². The monoisotopic (exact) mass is 178 g/mol. The summed E-state index contributed by atoms with van der Waals surface area (Å²) in [7, 11) is -1.19. The van der Waals surface area contributed by atoms with Gasteiger partial charge in [-0.3, -0.25) is 0 Å². The van der Waals surface area contributed by atoms with E-state index in [4.69, 9.17) is 16.0 Å². The Hall–Kier alpha value is 0.207. The van der Waals surface area contributed by atoms with Crippen LogP contribution in [-0.2, 0) is 4.43 Å². The second-order valence-electron chi connectivity index (χ2n) is 2.40. The van der Waals surface area contributed by atoms with E-state index in [1.165, 1.54) is 0 Å². The van der Waals surface area contributed by atoms with Crippen LogP contribution in [0.5, 0.6) is 0 Å². The third-order valence-electron chi connectivity index (χ3n) is 1.01. The van der Waals surface area contributed by atoms with Crippen LogP contribution in [0.3, 0.4) is 0 Å². The standard InChI is InChI=1S/C7H15ClOSi/c1-4-5-10(6-8)9-7(2)3/h4-5,7,10H,6H2,1-3H3. The van der Waals surface area contributed by atoms with Gasteiger partial charge in [0, 0.05) is 11.6 Å². The maximum absolute atomic E-state index is 5.68. The van der Waals surface area contributed by atoms with E-state index >= 15 is 0 Å². The molecule has 0 saturated carbocycles. The molecule has 0 aromatic heterocycles. The summed E-state index contributed by atoms with van der Waals surface area (Å²) < 4.78 is 5.56. The van der Waals surface area contributed by atoms with Gasteiger partial charge in [-0.1, -0.05) is 11.8 Å². The normalized spacial score (nSPS) is 14.9. The van der Waals surface area contributed by atoms with Crippen LogP contribution in [0.2, 0.25) is 0 Å². The zero-order valence-electron chi connectivity index (χ0n) is 6.80. The SMILES string of the molecule is CC=C[SiH](CCl)OC(C)C. The number of rotatable bonds is 4. The zero-order valence-corrected chi connectivity index (χ0v) is 8.71. The molecular formula is C7H15ClOSi. The lowest BCUT2D eigenvalue weighted by atomic mass is 10.5. The van der Waals surface area contributed by atoms with Gasteiger partial charge >= 0.3 is 0 Å². The molecule has 0 amide bonds. The van der Waals surface area contributed by atoms with Crippen molar-refractivity contribution in [3.63, 3.8) is 0 Å². The van der Waals surface area contributed by atoms with Gasteiger partial charge in [0.15, 0.2) is 0 Å². The minimum atomic E-state index is -1.19. The van der Waals surface area contributed by atoms with Gasteiger partial charge in [0.1, 0.15) is 0 Å². The maximum Gasteiger partial charge on any atom is 0.215 e. The quantitative estimate of drug-likeness (QED) is 0.473.